The van der Waals surface area contributed by atoms with Crippen molar-refractivity contribution in [3.05, 3.63) is 24.0 Å². The van der Waals surface area contributed by atoms with Crippen LogP contribution in [0.1, 0.15) is 70.8 Å². The number of aromatic nitrogens is 1. The van der Waals surface area contributed by atoms with Gasteiger partial charge in [-0.3, -0.25) is 4.90 Å². The third-order valence-corrected chi connectivity index (χ3v) is 6.20. The highest BCUT2D eigenvalue weighted by molar-refractivity contribution is 5.85. The van der Waals surface area contributed by atoms with Crippen molar-refractivity contribution in [1.82, 2.24) is 14.8 Å². The van der Waals surface area contributed by atoms with Gasteiger partial charge in [0, 0.05) is 44.6 Å². The molecule has 8 heteroatoms. The molecular weight excluding hydrogens is 410 g/mol. The predicted molar refractivity (Wildman–Crippen MR) is 121 cm³/mol. The van der Waals surface area contributed by atoms with Crippen LogP contribution in [0.15, 0.2) is 18.3 Å². The Morgan fingerprint density at radius 2 is 1.88 bits per heavy atom. The van der Waals surface area contributed by atoms with Gasteiger partial charge in [-0.25, -0.2) is 14.6 Å². The van der Waals surface area contributed by atoms with Gasteiger partial charge in [0.1, 0.15) is 23.1 Å². The van der Waals surface area contributed by atoms with Crippen molar-refractivity contribution in [2.75, 3.05) is 19.6 Å². The Kier molecular flexibility index (Phi) is 7.64. The minimum atomic E-state index is -1.04. The van der Waals surface area contributed by atoms with E-state index in [-0.39, 0.29) is 17.9 Å². The molecule has 1 aliphatic carbocycles. The van der Waals surface area contributed by atoms with E-state index in [1.807, 2.05) is 25.7 Å². The molecule has 0 bridgehead atoms. The summed E-state index contributed by atoms with van der Waals surface area (Å²) in [6.45, 7) is 12.7. The van der Waals surface area contributed by atoms with Crippen molar-refractivity contribution in [3.8, 4) is 5.75 Å². The maximum Gasteiger partial charge on any atom is 0.410 e. The molecule has 2 heterocycles. The topological polar surface area (TPSA) is 92.2 Å². The Bertz CT molecular complexity index is 776. The Labute approximate surface area is 190 Å². The summed E-state index contributed by atoms with van der Waals surface area (Å²) < 4.78 is 11.5. The number of amides is 1. The van der Waals surface area contributed by atoms with Crippen molar-refractivity contribution < 1.29 is 24.2 Å². The second-order valence-electron chi connectivity index (χ2n) is 10.3. The zero-order valence-corrected chi connectivity index (χ0v) is 19.9. The molecule has 2 aliphatic rings. The lowest BCUT2D eigenvalue weighted by atomic mass is 9.85. The fourth-order valence-corrected chi connectivity index (χ4v) is 4.38. The molecule has 3 rings (SSSR count). The average Bonchev–Trinajstić information content (AvgIpc) is 2.68. The standard InChI is InChI=1S/C24H37N3O5/c1-16(2)27(15-17-8-10-26(11-9-17)23(30)32-24(3,4)5)18-12-20(13-18)31-19-6-7-21(22(28)29)25-14-19/h6-7,14,16-18,20H,8-13,15H2,1-5H3,(H,28,29). The second-order valence-corrected chi connectivity index (χ2v) is 10.3. The summed E-state index contributed by atoms with van der Waals surface area (Å²) >= 11 is 0. The van der Waals surface area contributed by atoms with E-state index >= 15 is 0 Å². The number of ether oxygens (including phenoxy) is 2. The van der Waals surface area contributed by atoms with Crippen LogP contribution in [-0.2, 0) is 4.74 Å². The molecule has 1 saturated heterocycles. The van der Waals surface area contributed by atoms with Crippen molar-refractivity contribution in [3.63, 3.8) is 0 Å². The number of likely N-dealkylation sites (tertiary alicyclic amines) is 1. The summed E-state index contributed by atoms with van der Waals surface area (Å²) in [6.07, 6.45) is 5.31. The van der Waals surface area contributed by atoms with E-state index in [9.17, 15) is 9.59 Å². The SMILES string of the molecule is CC(C)N(CC1CCN(C(=O)OC(C)(C)C)CC1)C1CC(Oc2ccc(C(=O)O)nc2)C1. The number of carboxylic acid groups (broad SMARTS) is 1. The summed E-state index contributed by atoms with van der Waals surface area (Å²) in [7, 11) is 0. The normalized spacial score (nSPS) is 22.0. The third kappa shape index (κ3) is 6.58. The molecular formula is C24H37N3O5. The van der Waals surface area contributed by atoms with E-state index in [1.54, 1.807) is 6.07 Å². The first-order chi connectivity index (χ1) is 15.0. The number of hydrogen-bond acceptors (Lipinski definition) is 6. The molecule has 1 aromatic heterocycles. The van der Waals surface area contributed by atoms with Crippen LogP contribution < -0.4 is 4.74 Å². The first-order valence-corrected chi connectivity index (χ1v) is 11.6. The van der Waals surface area contributed by atoms with Gasteiger partial charge >= 0.3 is 12.1 Å². The highest BCUT2D eigenvalue weighted by atomic mass is 16.6. The summed E-state index contributed by atoms with van der Waals surface area (Å²) in [5, 5.41) is 8.95. The summed E-state index contributed by atoms with van der Waals surface area (Å²) in [5.41, 5.74) is -0.438. The van der Waals surface area contributed by atoms with Crippen LogP contribution in [0.4, 0.5) is 4.79 Å². The molecule has 1 aromatic rings. The van der Waals surface area contributed by atoms with Gasteiger partial charge in [-0.1, -0.05) is 0 Å². The minimum absolute atomic E-state index is 0.0209. The zero-order valence-electron chi connectivity index (χ0n) is 19.9. The zero-order chi connectivity index (χ0) is 23.5. The number of hydrogen-bond donors (Lipinski definition) is 1. The monoisotopic (exact) mass is 447 g/mol. The van der Waals surface area contributed by atoms with E-state index in [4.69, 9.17) is 14.6 Å². The van der Waals surface area contributed by atoms with Gasteiger partial charge in [0.25, 0.3) is 0 Å². The van der Waals surface area contributed by atoms with E-state index in [0.717, 1.165) is 45.3 Å². The van der Waals surface area contributed by atoms with Crippen molar-refractivity contribution in [2.24, 2.45) is 5.92 Å². The van der Waals surface area contributed by atoms with Crippen LogP contribution in [0.5, 0.6) is 5.75 Å². The van der Waals surface area contributed by atoms with E-state index in [1.165, 1.54) is 12.3 Å². The molecule has 1 aliphatic heterocycles. The van der Waals surface area contributed by atoms with Crippen molar-refractivity contribution in [2.45, 2.75) is 84.1 Å². The average molecular weight is 448 g/mol. The highest BCUT2D eigenvalue weighted by Crippen LogP contribution is 2.33. The summed E-state index contributed by atoms with van der Waals surface area (Å²) in [6, 6.07) is 4.07. The molecule has 178 valence electrons. The molecule has 0 aromatic carbocycles. The number of piperidine rings is 1. The van der Waals surface area contributed by atoms with E-state index in [0.29, 0.717) is 23.8 Å². The Morgan fingerprint density at radius 1 is 1.22 bits per heavy atom. The van der Waals surface area contributed by atoms with Gasteiger partial charge in [-0.2, -0.15) is 0 Å². The molecule has 0 spiro atoms. The van der Waals surface area contributed by atoms with Gasteiger partial charge in [0.05, 0.1) is 6.20 Å². The molecule has 8 nitrogen and oxygen atoms in total. The van der Waals surface area contributed by atoms with Crippen LogP contribution in [0, 0.1) is 5.92 Å². The van der Waals surface area contributed by atoms with Crippen LogP contribution >= 0.6 is 0 Å². The number of rotatable bonds is 7. The van der Waals surface area contributed by atoms with Crippen molar-refractivity contribution >= 4 is 12.1 Å². The number of carboxylic acids is 1. The van der Waals surface area contributed by atoms with E-state index in [2.05, 4.69) is 23.7 Å². The number of carbonyl (C=O) groups is 2. The quantitative estimate of drug-likeness (QED) is 0.674. The molecule has 0 atom stereocenters. The molecule has 1 saturated carbocycles. The fourth-order valence-electron chi connectivity index (χ4n) is 4.38. The molecule has 2 fully saturated rings. The lowest BCUT2D eigenvalue weighted by molar-refractivity contribution is -0.0135. The number of pyridine rings is 1. The fraction of sp³-hybridized carbons (Fsp3) is 0.708. The largest absolute Gasteiger partial charge is 0.489 e. The predicted octanol–water partition coefficient (Wildman–Crippen LogP) is 4.05. The lowest BCUT2D eigenvalue weighted by Crippen LogP contribution is -2.54. The molecule has 1 amide bonds. The summed E-state index contributed by atoms with van der Waals surface area (Å²) in [4.78, 5) is 31.5. The van der Waals surface area contributed by atoms with Gasteiger partial charge in [0.15, 0.2) is 0 Å². The Balaban J connectivity index is 1.44. The number of carbonyl (C=O) groups excluding carboxylic acids is 1. The maximum absolute atomic E-state index is 12.3. The number of nitrogens with zero attached hydrogens (tertiary/aromatic N) is 3. The second kappa shape index (κ2) is 10.1. The molecule has 0 unspecified atom stereocenters. The van der Waals surface area contributed by atoms with Gasteiger partial charge in [-0.05, 0) is 65.5 Å². The van der Waals surface area contributed by atoms with Crippen LogP contribution in [-0.4, -0.2) is 75.4 Å². The molecule has 0 radical (unpaired) electrons. The van der Waals surface area contributed by atoms with Crippen LogP contribution in [0.2, 0.25) is 0 Å². The van der Waals surface area contributed by atoms with Gasteiger partial charge < -0.3 is 19.5 Å². The third-order valence-electron chi connectivity index (χ3n) is 6.20. The Morgan fingerprint density at radius 3 is 2.38 bits per heavy atom. The first kappa shape index (κ1) is 24.3. The smallest absolute Gasteiger partial charge is 0.410 e. The van der Waals surface area contributed by atoms with Gasteiger partial charge in [-0.15, -0.1) is 0 Å². The Hall–Kier alpha value is -2.35. The summed E-state index contributed by atoms with van der Waals surface area (Å²) in [5.74, 6) is 0.151. The van der Waals surface area contributed by atoms with Crippen molar-refractivity contribution in [1.29, 1.82) is 0 Å². The van der Waals surface area contributed by atoms with Gasteiger partial charge in [0.2, 0.25) is 0 Å². The first-order valence-electron chi connectivity index (χ1n) is 11.6. The molecule has 1 N–H and O–H groups in total. The minimum Gasteiger partial charge on any atom is -0.489 e. The van der Waals surface area contributed by atoms with Crippen LogP contribution in [0.25, 0.3) is 0 Å². The lowest BCUT2D eigenvalue weighted by Gasteiger charge is -2.46. The maximum atomic E-state index is 12.3. The van der Waals surface area contributed by atoms with Crippen LogP contribution in [0.3, 0.4) is 0 Å². The number of aromatic carboxylic acids is 1. The highest BCUT2D eigenvalue weighted by Gasteiger charge is 2.38. The molecule has 32 heavy (non-hydrogen) atoms. The van der Waals surface area contributed by atoms with E-state index < -0.39 is 11.6 Å².